The number of aryl methyl sites for hydroxylation is 2. The Hall–Kier alpha value is -1.96. The number of hydrogen-bond acceptors (Lipinski definition) is 2. The maximum Gasteiger partial charge on any atom is 0.119 e. The predicted molar refractivity (Wildman–Crippen MR) is 76.3 cm³/mol. The summed E-state index contributed by atoms with van der Waals surface area (Å²) in [6.07, 6.45) is 0. The van der Waals surface area contributed by atoms with Gasteiger partial charge in [0, 0.05) is 12.2 Å². The molecule has 1 N–H and O–H groups in total. The van der Waals surface area contributed by atoms with Crippen molar-refractivity contribution in [3.63, 3.8) is 0 Å². The Labute approximate surface area is 109 Å². The lowest BCUT2D eigenvalue weighted by molar-refractivity contribution is 0.333. The highest BCUT2D eigenvalue weighted by atomic mass is 16.5. The van der Waals surface area contributed by atoms with E-state index in [1.807, 2.05) is 12.1 Å². The van der Waals surface area contributed by atoms with Gasteiger partial charge >= 0.3 is 0 Å². The number of hydrogen-bond donors (Lipinski definition) is 1. The van der Waals surface area contributed by atoms with Crippen molar-refractivity contribution < 1.29 is 4.74 Å². The number of anilines is 1. The second-order valence-electron chi connectivity index (χ2n) is 4.45. The van der Waals surface area contributed by atoms with Crippen LogP contribution in [0.15, 0.2) is 48.5 Å². The summed E-state index contributed by atoms with van der Waals surface area (Å²) in [5.41, 5.74) is 3.66. The third-order valence-corrected chi connectivity index (χ3v) is 2.77. The molecule has 0 bridgehead atoms. The normalized spacial score (nSPS) is 10.1. The molecule has 0 saturated heterocycles. The molecule has 94 valence electrons. The second-order valence-corrected chi connectivity index (χ2v) is 4.45. The molecule has 18 heavy (non-hydrogen) atoms. The second kappa shape index (κ2) is 6.10. The largest absolute Gasteiger partial charge is 0.492 e. The molecule has 0 fully saturated rings. The molecule has 0 atom stereocenters. The van der Waals surface area contributed by atoms with Crippen molar-refractivity contribution in [2.75, 3.05) is 18.5 Å². The van der Waals surface area contributed by atoms with E-state index in [-0.39, 0.29) is 0 Å². The Balaban J connectivity index is 1.73. The van der Waals surface area contributed by atoms with E-state index in [9.17, 15) is 0 Å². The van der Waals surface area contributed by atoms with Crippen molar-refractivity contribution in [1.82, 2.24) is 0 Å². The number of benzene rings is 2. The maximum absolute atomic E-state index is 5.64. The standard InChI is InChI=1S/C16H19NO/c1-13-3-7-15(8-4-13)17-11-12-18-16-9-5-14(2)6-10-16/h3-10,17H,11-12H2,1-2H3. The Morgan fingerprint density at radius 1 is 0.833 bits per heavy atom. The van der Waals surface area contributed by atoms with Crippen LogP contribution in [0.3, 0.4) is 0 Å². The van der Waals surface area contributed by atoms with Crippen molar-refractivity contribution in [3.05, 3.63) is 59.7 Å². The first-order chi connectivity index (χ1) is 8.74. The number of ether oxygens (including phenoxy) is 1. The van der Waals surface area contributed by atoms with Crippen LogP contribution in [0.2, 0.25) is 0 Å². The van der Waals surface area contributed by atoms with Crippen LogP contribution in [0.25, 0.3) is 0 Å². The lowest BCUT2D eigenvalue weighted by Crippen LogP contribution is -2.11. The molecule has 0 aliphatic heterocycles. The van der Waals surface area contributed by atoms with E-state index >= 15 is 0 Å². The summed E-state index contributed by atoms with van der Waals surface area (Å²) in [5.74, 6) is 0.923. The van der Waals surface area contributed by atoms with E-state index in [4.69, 9.17) is 4.74 Å². The van der Waals surface area contributed by atoms with Crippen LogP contribution in [0, 0.1) is 13.8 Å². The van der Waals surface area contributed by atoms with Crippen molar-refractivity contribution >= 4 is 5.69 Å². The van der Waals surface area contributed by atoms with E-state index in [1.165, 1.54) is 11.1 Å². The zero-order valence-electron chi connectivity index (χ0n) is 10.9. The minimum atomic E-state index is 0.664. The van der Waals surface area contributed by atoms with Gasteiger partial charge in [-0.1, -0.05) is 35.4 Å². The van der Waals surface area contributed by atoms with Crippen LogP contribution in [0.5, 0.6) is 5.75 Å². The zero-order valence-corrected chi connectivity index (χ0v) is 10.9. The van der Waals surface area contributed by atoms with Crippen molar-refractivity contribution in [1.29, 1.82) is 0 Å². The van der Waals surface area contributed by atoms with Gasteiger partial charge in [-0.15, -0.1) is 0 Å². The molecule has 0 heterocycles. The molecule has 0 aliphatic carbocycles. The van der Waals surface area contributed by atoms with Crippen LogP contribution in [-0.2, 0) is 0 Å². The Morgan fingerprint density at radius 2 is 1.39 bits per heavy atom. The Morgan fingerprint density at radius 3 is 2.00 bits per heavy atom. The van der Waals surface area contributed by atoms with E-state index in [0.29, 0.717) is 6.61 Å². The lowest BCUT2D eigenvalue weighted by atomic mass is 10.2. The average molecular weight is 241 g/mol. The molecule has 0 aliphatic rings. The fourth-order valence-corrected chi connectivity index (χ4v) is 1.67. The van der Waals surface area contributed by atoms with Crippen LogP contribution < -0.4 is 10.1 Å². The zero-order chi connectivity index (χ0) is 12.8. The first-order valence-electron chi connectivity index (χ1n) is 6.24. The molecule has 0 saturated carbocycles. The third-order valence-electron chi connectivity index (χ3n) is 2.77. The molecule has 2 rings (SSSR count). The fourth-order valence-electron chi connectivity index (χ4n) is 1.67. The SMILES string of the molecule is Cc1ccc(NCCOc2ccc(C)cc2)cc1. The Kier molecular flexibility index (Phi) is 4.24. The van der Waals surface area contributed by atoms with Gasteiger partial charge in [0.25, 0.3) is 0 Å². The molecule has 0 aromatic heterocycles. The van der Waals surface area contributed by atoms with Crippen LogP contribution in [0.1, 0.15) is 11.1 Å². The van der Waals surface area contributed by atoms with Gasteiger partial charge in [0.1, 0.15) is 12.4 Å². The molecule has 2 aromatic rings. The minimum absolute atomic E-state index is 0.664. The highest BCUT2D eigenvalue weighted by Gasteiger charge is 1.94. The van der Waals surface area contributed by atoms with Crippen LogP contribution >= 0.6 is 0 Å². The third kappa shape index (κ3) is 3.81. The summed E-state index contributed by atoms with van der Waals surface area (Å²) < 4.78 is 5.64. The minimum Gasteiger partial charge on any atom is -0.492 e. The van der Waals surface area contributed by atoms with Gasteiger partial charge in [-0.2, -0.15) is 0 Å². The van der Waals surface area contributed by atoms with Gasteiger partial charge in [0.05, 0.1) is 0 Å². The fraction of sp³-hybridized carbons (Fsp3) is 0.250. The summed E-state index contributed by atoms with van der Waals surface area (Å²) in [6.45, 7) is 5.63. The van der Waals surface area contributed by atoms with E-state index in [1.54, 1.807) is 0 Å². The van der Waals surface area contributed by atoms with Gasteiger partial charge in [-0.05, 0) is 38.1 Å². The molecular weight excluding hydrogens is 222 g/mol. The first kappa shape index (κ1) is 12.5. The van der Waals surface area contributed by atoms with Gasteiger partial charge in [-0.3, -0.25) is 0 Å². The highest BCUT2D eigenvalue weighted by molar-refractivity contribution is 5.44. The summed E-state index contributed by atoms with van der Waals surface area (Å²) in [4.78, 5) is 0. The summed E-state index contributed by atoms with van der Waals surface area (Å²) in [5, 5.41) is 3.33. The molecule has 2 aromatic carbocycles. The van der Waals surface area contributed by atoms with Crippen LogP contribution in [0.4, 0.5) is 5.69 Å². The monoisotopic (exact) mass is 241 g/mol. The molecule has 0 unspecified atom stereocenters. The van der Waals surface area contributed by atoms with Crippen molar-refractivity contribution in [2.45, 2.75) is 13.8 Å². The Bertz CT molecular complexity index is 426. The average Bonchev–Trinajstić information content (AvgIpc) is 2.39. The van der Waals surface area contributed by atoms with Gasteiger partial charge < -0.3 is 10.1 Å². The summed E-state index contributed by atoms with van der Waals surface area (Å²) in [7, 11) is 0. The van der Waals surface area contributed by atoms with E-state index in [0.717, 1.165) is 18.0 Å². The topological polar surface area (TPSA) is 21.3 Å². The smallest absolute Gasteiger partial charge is 0.119 e. The van der Waals surface area contributed by atoms with E-state index < -0.39 is 0 Å². The molecule has 0 spiro atoms. The van der Waals surface area contributed by atoms with Crippen LogP contribution in [-0.4, -0.2) is 13.2 Å². The van der Waals surface area contributed by atoms with Crippen molar-refractivity contribution in [3.8, 4) is 5.75 Å². The van der Waals surface area contributed by atoms with Gasteiger partial charge in [-0.25, -0.2) is 0 Å². The first-order valence-corrected chi connectivity index (χ1v) is 6.24. The predicted octanol–water partition coefficient (Wildman–Crippen LogP) is 3.79. The number of rotatable bonds is 5. The van der Waals surface area contributed by atoms with Gasteiger partial charge in [0.15, 0.2) is 0 Å². The molecule has 0 radical (unpaired) electrons. The quantitative estimate of drug-likeness (QED) is 0.804. The summed E-state index contributed by atoms with van der Waals surface area (Å²) in [6, 6.07) is 16.5. The molecule has 2 nitrogen and oxygen atoms in total. The molecular formula is C16H19NO. The summed E-state index contributed by atoms with van der Waals surface area (Å²) >= 11 is 0. The maximum atomic E-state index is 5.64. The molecule has 0 amide bonds. The van der Waals surface area contributed by atoms with Gasteiger partial charge in [0.2, 0.25) is 0 Å². The van der Waals surface area contributed by atoms with Crippen molar-refractivity contribution in [2.24, 2.45) is 0 Å². The number of nitrogens with one attached hydrogen (secondary N) is 1. The highest BCUT2D eigenvalue weighted by Crippen LogP contribution is 2.11. The van der Waals surface area contributed by atoms with E-state index in [2.05, 4.69) is 55.6 Å². The molecule has 2 heteroatoms. The lowest BCUT2D eigenvalue weighted by Gasteiger charge is -2.09.